The Morgan fingerprint density at radius 1 is 1.06 bits per heavy atom. The maximum Gasteiger partial charge on any atom is 0.128 e. The molecule has 0 saturated heterocycles. The number of hydrogen-bond donors (Lipinski definition) is 0. The lowest BCUT2D eigenvalue weighted by Gasteiger charge is -2.06. The van der Waals surface area contributed by atoms with Crippen molar-refractivity contribution in [3.63, 3.8) is 0 Å². The lowest BCUT2D eigenvalue weighted by molar-refractivity contribution is 0.482. The number of nitriles is 1. The summed E-state index contributed by atoms with van der Waals surface area (Å²) in [5.41, 5.74) is 0.958. The van der Waals surface area contributed by atoms with E-state index >= 15 is 0 Å². The monoisotopic (exact) mass is 287 g/mol. The first-order valence-corrected chi connectivity index (χ1v) is 5.96. The van der Waals surface area contributed by atoms with Crippen LogP contribution in [0.15, 0.2) is 53.0 Å². The van der Waals surface area contributed by atoms with Crippen molar-refractivity contribution in [2.45, 2.75) is 6.42 Å². The summed E-state index contributed by atoms with van der Waals surface area (Å²) >= 11 is 3.39. The SMILES string of the molecule is N#CCc1cccc(Oc2cccc(Br)c2)c1. The molecule has 0 aliphatic rings. The molecular weight excluding hydrogens is 278 g/mol. The Labute approximate surface area is 109 Å². The molecule has 0 aliphatic carbocycles. The van der Waals surface area contributed by atoms with E-state index in [9.17, 15) is 0 Å². The van der Waals surface area contributed by atoms with Gasteiger partial charge >= 0.3 is 0 Å². The zero-order valence-electron chi connectivity index (χ0n) is 9.06. The first kappa shape index (κ1) is 11.7. The summed E-state index contributed by atoms with van der Waals surface area (Å²) in [6.45, 7) is 0. The molecule has 17 heavy (non-hydrogen) atoms. The van der Waals surface area contributed by atoms with Crippen LogP contribution < -0.4 is 4.74 Å². The van der Waals surface area contributed by atoms with E-state index < -0.39 is 0 Å². The molecule has 2 aromatic rings. The number of benzene rings is 2. The molecule has 2 aromatic carbocycles. The van der Waals surface area contributed by atoms with Gasteiger partial charge in [-0.1, -0.05) is 34.1 Å². The minimum absolute atomic E-state index is 0.398. The quantitative estimate of drug-likeness (QED) is 0.843. The highest BCUT2D eigenvalue weighted by Gasteiger charge is 1.99. The zero-order chi connectivity index (χ0) is 12.1. The van der Waals surface area contributed by atoms with Crippen molar-refractivity contribution in [1.29, 1.82) is 5.26 Å². The molecule has 0 bridgehead atoms. The fraction of sp³-hybridized carbons (Fsp3) is 0.0714. The van der Waals surface area contributed by atoms with E-state index in [0.717, 1.165) is 21.5 Å². The molecule has 0 heterocycles. The summed E-state index contributed by atoms with van der Waals surface area (Å²) in [7, 11) is 0. The molecule has 0 fully saturated rings. The average molecular weight is 288 g/mol. The van der Waals surface area contributed by atoms with E-state index in [1.165, 1.54) is 0 Å². The summed E-state index contributed by atoms with van der Waals surface area (Å²) < 4.78 is 6.68. The van der Waals surface area contributed by atoms with Crippen molar-refractivity contribution in [2.75, 3.05) is 0 Å². The molecular formula is C14H10BrNO. The zero-order valence-corrected chi connectivity index (χ0v) is 10.6. The molecule has 0 unspecified atom stereocenters. The Balaban J connectivity index is 2.19. The van der Waals surface area contributed by atoms with Crippen LogP contribution in [0, 0.1) is 11.3 Å². The van der Waals surface area contributed by atoms with Crippen LogP contribution in [0.3, 0.4) is 0 Å². The Morgan fingerprint density at radius 3 is 2.47 bits per heavy atom. The lowest BCUT2D eigenvalue weighted by Crippen LogP contribution is -1.86. The van der Waals surface area contributed by atoms with Gasteiger partial charge in [-0.05, 0) is 35.9 Å². The van der Waals surface area contributed by atoms with Crippen molar-refractivity contribution in [3.8, 4) is 17.6 Å². The number of rotatable bonds is 3. The average Bonchev–Trinajstić information content (AvgIpc) is 2.30. The van der Waals surface area contributed by atoms with Crippen LogP contribution in [0.1, 0.15) is 5.56 Å². The molecule has 0 saturated carbocycles. The maximum absolute atomic E-state index is 8.64. The standard InChI is InChI=1S/C14H10BrNO/c15-12-4-2-6-14(10-12)17-13-5-1-3-11(9-13)7-8-16/h1-6,9-10H,7H2. The van der Waals surface area contributed by atoms with E-state index in [4.69, 9.17) is 10.00 Å². The van der Waals surface area contributed by atoms with Crippen LogP contribution >= 0.6 is 15.9 Å². The molecule has 0 N–H and O–H groups in total. The fourth-order valence-corrected chi connectivity index (χ4v) is 1.86. The Morgan fingerprint density at radius 2 is 1.76 bits per heavy atom. The van der Waals surface area contributed by atoms with Crippen LogP contribution in [0.5, 0.6) is 11.5 Å². The maximum atomic E-state index is 8.64. The largest absolute Gasteiger partial charge is 0.457 e. The molecule has 0 radical (unpaired) electrons. The van der Waals surface area contributed by atoms with Gasteiger partial charge in [0, 0.05) is 4.47 Å². The highest BCUT2D eigenvalue weighted by Crippen LogP contribution is 2.24. The van der Waals surface area contributed by atoms with Crippen LogP contribution in [0.4, 0.5) is 0 Å². The molecule has 2 rings (SSSR count). The second kappa shape index (κ2) is 5.51. The molecule has 84 valence electrons. The van der Waals surface area contributed by atoms with E-state index in [1.807, 2.05) is 48.5 Å². The smallest absolute Gasteiger partial charge is 0.128 e. The molecule has 0 spiro atoms. The van der Waals surface area contributed by atoms with Gasteiger partial charge in [0.25, 0.3) is 0 Å². The second-order valence-electron chi connectivity index (χ2n) is 3.54. The molecule has 0 atom stereocenters. The summed E-state index contributed by atoms with van der Waals surface area (Å²) in [4.78, 5) is 0. The number of halogens is 1. The second-order valence-corrected chi connectivity index (χ2v) is 4.46. The molecule has 2 nitrogen and oxygen atoms in total. The van der Waals surface area contributed by atoms with Crippen molar-refractivity contribution in [3.05, 3.63) is 58.6 Å². The number of ether oxygens (including phenoxy) is 1. The van der Waals surface area contributed by atoms with Gasteiger partial charge in [-0.15, -0.1) is 0 Å². The van der Waals surface area contributed by atoms with Gasteiger partial charge in [-0.25, -0.2) is 0 Å². The van der Waals surface area contributed by atoms with Gasteiger partial charge < -0.3 is 4.74 Å². The fourth-order valence-electron chi connectivity index (χ4n) is 1.48. The highest BCUT2D eigenvalue weighted by atomic mass is 79.9. The van der Waals surface area contributed by atoms with Crippen molar-refractivity contribution >= 4 is 15.9 Å². The van der Waals surface area contributed by atoms with Gasteiger partial charge in [0.1, 0.15) is 11.5 Å². The van der Waals surface area contributed by atoms with Crippen molar-refractivity contribution < 1.29 is 4.74 Å². The Hall–Kier alpha value is -1.79. The van der Waals surface area contributed by atoms with Crippen LogP contribution in [-0.4, -0.2) is 0 Å². The molecule has 0 aromatic heterocycles. The van der Waals surface area contributed by atoms with Gasteiger partial charge in [-0.2, -0.15) is 5.26 Å². The van der Waals surface area contributed by atoms with Crippen LogP contribution in [0.2, 0.25) is 0 Å². The molecule has 0 amide bonds. The van der Waals surface area contributed by atoms with E-state index in [0.29, 0.717) is 6.42 Å². The van der Waals surface area contributed by atoms with Crippen LogP contribution in [-0.2, 0) is 6.42 Å². The Kier molecular flexibility index (Phi) is 3.79. The topological polar surface area (TPSA) is 33.0 Å². The highest BCUT2D eigenvalue weighted by molar-refractivity contribution is 9.10. The van der Waals surface area contributed by atoms with Gasteiger partial charge in [-0.3, -0.25) is 0 Å². The van der Waals surface area contributed by atoms with Gasteiger partial charge in [0.15, 0.2) is 0 Å². The molecule has 0 aliphatic heterocycles. The summed E-state index contributed by atoms with van der Waals surface area (Å²) in [5, 5.41) is 8.64. The minimum Gasteiger partial charge on any atom is -0.457 e. The normalized spacial score (nSPS) is 9.65. The third-order valence-corrected chi connectivity index (χ3v) is 2.71. The third-order valence-electron chi connectivity index (χ3n) is 2.21. The summed E-state index contributed by atoms with van der Waals surface area (Å²) in [5.74, 6) is 1.52. The summed E-state index contributed by atoms with van der Waals surface area (Å²) in [6.07, 6.45) is 0.398. The number of hydrogen-bond acceptors (Lipinski definition) is 2. The Bertz CT molecular complexity index is 560. The van der Waals surface area contributed by atoms with E-state index in [-0.39, 0.29) is 0 Å². The third kappa shape index (κ3) is 3.33. The van der Waals surface area contributed by atoms with Crippen molar-refractivity contribution in [2.24, 2.45) is 0 Å². The first-order valence-electron chi connectivity index (χ1n) is 5.17. The first-order chi connectivity index (χ1) is 8.28. The van der Waals surface area contributed by atoms with Gasteiger partial charge in [0.2, 0.25) is 0 Å². The minimum atomic E-state index is 0.398. The lowest BCUT2D eigenvalue weighted by atomic mass is 10.1. The van der Waals surface area contributed by atoms with Gasteiger partial charge in [0.05, 0.1) is 12.5 Å². The predicted octanol–water partition coefficient (Wildman–Crippen LogP) is 4.31. The van der Waals surface area contributed by atoms with Crippen molar-refractivity contribution in [1.82, 2.24) is 0 Å². The number of nitrogens with zero attached hydrogens (tertiary/aromatic N) is 1. The van der Waals surface area contributed by atoms with E-state index in [2.05, 4.69) is 22.0 Å². The predicted molar refractivity (Wildman–Crippen MR) is 70.0 cm³/mol. The summed E-state index contributed by atoms with van der Waals surface area (Å²) in [6, 6.07) is 17.3. The van der Waals surface area contributed by atoms with Crippen LogP contribution in [0.25, 0.3) is 0 Å². The van der Waals surface area contributed by atoms with E-state index in [1.54, 1.807) is 0 Å². The molecule has 3 heteroatoms.